The van der Waals surface area contributed by atoms with Gasteiger partial charge < -0.3 is 49.0 Å². The van der Waals surface area contributed by atoms with E-state index in [0.717, 1.165) is 4.90 Å². The second-order valence-electron chi connectivity index (χ2n) is 17.4. The van der Waals surface area contributed by atoms with Crippen molar-refractivity contribution in [3.63, 3.8) is 0 Å². The second-order valence-corrected chi connectivity index (χ2v) is 17.4. The fourth-order valence-electron chi connectivity index (χ4n) is 9.45. The molecule has 4 N–H and O–H groups in total. The van der Waals surface area contributed by atoms with Crippen molar-refractivity contribution in [2.45, 2.75) is 173 Å². The van der Waals surface area contributed by atoms with E-state index < -0.39 is 95.9 Å². The predicted octanol–water partition coefficient (Wildman–Crippen LogP) is 3.83. The summed E-state index contributed by atoms with van der Waals surface area (Å²) in [4.78, 5) is 57.8. The van der Waals surface area contributed by atoms with Crippen LogP contribution in [0.4, 0.5) is 0 Å². The van der Waals surface area contributed by atoms with Crippen molar-refractivity contribution in [1.29, 1.82) is 0 Å². The van der Waals surface area contributed by atoms with Gasteiger partial charge in [-0.05, 0) is 102 Å². The van der Waals surface area contributed by atoms with Crippen molar-refractivity contribution in [2.24, 2.45) is 29.6 Å². The molecule has 14 heteroatoms. The molecule has 14 nitrogen and oxygen atoms in total. The standard InChI is InChI=1S/C44H71NO13/c1-10-30-19-24(3)38(49)25(4)20-36(54-8)40-37(55-9)21-27(6)44(53,58-40)41(50)42(51)45-17-13-12-14-31(45)43(52)57-39(28(7)33(47)23-34(30)48)26(5)18-29-15-16-32(46)35(22-29)56-11-2/h18-19,25,27-33,35-40,46-47,49,53H,10-17,20-23H2,1-9H3. The quantitative estimate of drug-likeness (QED) is 0.164. The van der Waals surface area contributed by atoms with Gasteiger partial charge in [0.1, 0.15) is 24.0 Å². The first-order chi connectivity index (χ1) is 27.4. The molecule has 15 atom stereocenters. The molecule has 2 saturated heterocycles. The number of ketones is 2. The van der Waals surface area contributed by atoms with Crippen molar-refractivity contribution in [3.8, 4) is 0 Å². The Morgan fingerprint density at radius 1 is 0.931 bits per heavy atom. The van der Waals surface area contributed by atoms with Gasteiger partial charge in [-0.2, -0.15) is 0 Å². The van der Waals surface area contributed by atoms with Crippen LogP contribution in [0.1, 0.15) is 113 Å². The number of esters is 1. The molecule has 0 aromatic carbocycles. The van der Waals surface area contributed by atoms with Crippen molar-refractivity contribution in [3.05, 3.63) is 23.3 Å². The number of aliphatic hydroxyl groups excluding tert-OH is 3. The highest BCUT2D eigenvalue weighted by atomic mass is 16.7. The van der Waals surface area contributed by atoms with E-state index in [2.05, 4.69) is 0 Å². The summed E-state index contributed by atoms with van der Waals surface area (Å²) in [5, 5.41) is 45.8. The Kier molecular flexibility index (Phi) is 17.7. The highest BCUT2D eigenvalue weighted by Crippen LogP contribution is 2.39. The number of cyclic esters (lactones) is 1. The third-order valence-corrected chi connectivity index (χ3v) is 13.3. The Hall–Kier alpha value is -2.56. The fraction of sp³-hybridized carbons (Fsp3) is 0.818. The van der Waals surface area contributed by atoms with Gasteiger partial charge in [0.05, 0.1) is 36.6 Å². The lowest BCUT2D eigenvalue weighted by atomic mass is 9.81. The number of methoxy groups -OCH3 is 2. The van der Waals surface area contributed by atoms with Crippen molar-refractivity contribution < 1.29 is 63.3 Å². The summed E-state index contributed by atoms with van der Waals surface area (Å²) >= 11 is 0. The number of rotatable bonds is 7. The summed E-state index contributed by atoms with van der Waals surface area (Å²) in [7, 11) is 2.94. The zero-order chi connectivity index (χ0) is 43.1. The largest absolute Gasteiger partial charge is 0.456 e. The molecule has 3 fully saturated rings. The van der Waals surface area contributed by atoms with Crippen LogP contribution in [0.2, 0.25) is 0 Å². The molecule has 0 aromatic heterocycles. The van der Waals surface area contributed by atoms with Crippen LogP contribution in [0.25, 0.3) is 0 Å². The minimum Gasteiger partial charge on any atom is -0.456 e. The maximum absolute atomic E-state index is 14.3. The van der Waals surface area contributed by atoms with E-state index in [1.54, 1.807) is 33.8 Å². The van der Waals surface area contributed by atoms with Crippen LogP contribution < -0.4 is 0 Å². The SMILES string of the molecule is CCOC1CC(C=C(C)C2OC(=O)C3CCCCN3C(=O)C(=O)C3(O)OC(C(OC)CC(C)C(O)C(C)=CC(CC)C(=O)CC(O)C2C)C(OC)CC3C)CCC1O. The normalized spacial score (nSPS) is 40.9. The lowest BCUT2D eigenvalue weighted by Gasteiger charge is -2.47. The number of aliphatic hydroxyl groups is 4. The van der Waals surface area contributed by atoms with Gasteiger partial charge in [-0.1, -0.05) is 39.8 Å². The van der Waals surface area contributed by atoms with E-state index in [4.69, 9.17) is 23.7 Å². The fourth-order valence-corrected chi connectivity index (χ4v) is 9.45. The molecule has 1 amide bonds. The van der Waals surface area contributed by atoms with Crippen LogP contribution in [0.15, 0.2) is 23.3 Å². The molecule has 3 aliphatic heterocycles. The minimum absolute atomic E-state index is 0.0241. The molecule has 4 aliphatic rings. The van der Waals surface area contributed by atoms with Gasteiger partial charge in [0, 0.05) is 51.5 Å². The Bertz CT molecular complexity index is 1480. The number of amides is 1. The first kappa shape index (κ1) is 48.1. The molecule has 3 heterocycles. The summed E-state index contributed by atoms with van der Waals surface area (Å²) in [6.07, 6.45) is 0.675. The second kappa shape index (κ2) is 21.3. The van der Waals surface area contributed by atoms with Gasteiger partial charge in [0.2, 0.25) is 5.79 Å². The van der Waals surface area contributed by atoms with Gasteiger partial charge in [0.25, 0.3) is 11.7 Å². The Labute approximate surface area is 344 Å². The number of hydrogen-bond donors (Lipinski definition) is 4. The summed E-state index contributed by atoms with van der Waals surface area (Å²) in [6.45, 7) is 12.9. The number of hydrogen-bond acceptors (Lipinski definition) is 13. The number of carbonyl (C=O) groups excluding carboxylic acids is 4. The summed E-state index contributed by atoms with van der Waals surface area (Å²) < 4.78 is 29.9. The Morgan fingerprint density at radius 3 is 2.24 bits per heavy atom. The van der Waals surface area contributed by atoms with Crippen LogP contribution in [0.5, 0.6) is 0 Å². The van der Waals surface area contributed by atoms with Gasteiger partial charge in [0.15, 0.2) is 0 Å². The van der Waals surface area contributed by atoms with Gasteiger partial charge in [-0.25, -0.2) is 4.79 Å². The number of allylic oxidation sites excluding steroid dienone is 2. The number of Topliss-reactive ketones (excluding diaryl/α,β-unsaturated/α-hetero) is 2. The molecular formula is C44H71NO13. The average molecular weight is 822 g/mol. The van der Waals surface area contributed by atoms with Gasteiger partial charge in [-0.15, -0.1) is 0 Å². The number of ether oxygens (including phenoxy) is 5. The molecule has 4 rings (SSSR count). The molecule has 0 spiro atoms. The number of nitrogens with zero attached hydrogens (tertiary/aromatic N) is 1. The number of carbonyl (C=O) groups is 4. The molecular weight excluding hydrogens is 750 g/mol. The van der Waals surface area contributed by atoms with Gasteiger partial charge in [-0.3, -0.25) is 14.4 Å². The maximum Gasteiger partial charge on any atom is 0.329 e. The van der Waals surface area contributed by atoms with E-state index in [0.29, 0.717) is 56.3 Å². The third-order valence-electron chi connectivity index (χ3n) is 13.3. The summed E-state index contributed by atoms with van der Waals surface area (Å²) in [5.74, 6) is -8.58. The van der Waals surface area contributed by atoms with Crippen LogP contribution in [0, 0.1) is 29.6 Å². The Balaban J connectivity index is 1.78. The topological polar surface area (TPSA) is 199 Å². The molecule has 2 bridgehead atoms. The molecule has 58 heavy (non-hydrogen) atoms. The number of piperidine rings is 1. The lowest BCUT2D eigenvalue weighted by molar-refractivity contribution is -0.302. The summed E-state index contributed by atoms with van der Waals surface area (Å²) in [5.41, 5.74) is 1.19. The smallest absolute Gasteiger partial charge is 0.329 e. The number of fused-ring (bicyclic) bond motifs is 3. The van der Waals surface area contributed by atoms with Crippen molar-refractivity contribution >= 4 is 23.4 Å². The summed E-state index contributed by atoms with van der Waals surface area (Å²) in [6, 6.07) is -1.16. The lowest BCUT2D eigenvalue weighted by Crippen LogP contribution is -2.64. The monoisotopic (exact) mass is 821 g/mol. The molecule has 1 aliphatic carbocycles. The zero-order valence-electron chi connectivity index (χ0n) is 36.1. The van der Waals surface area contributed by atoms with E-state index in [-0.39, 0.29) is 50.0 Å². The third kappa shape index (κ3) is 11.0. The van der Waals surface area contributed by atoms with E-state index in [1.807, 2.05) is 26.8 Å². The molecule has 330 valence electrons. The molecule has 15 unspecified atom stereocenters. The minimum atomic E-state index is -2.57. The first-order valence-electron chi connectivity index (χ1n) is 21.5. The average Bonchev–Trinajstić information content (AvgIpc) is 3.21. The highest BCUT2D eigenvalue weighted by Gasteiger charge is 2.56. The molecule has 0 aromatic rings. The van der Waals surface area contributed by atoms with Crippen LogP contribution in [-0.4, -0.2) is 137 Å². The Morgan fingerprint density at radius 2 is 1.60 bits per heavy atom. The zero-order valence-corrected chi connectivity index (χ0v) is 36.1. The van der Waals surface area contributed by atoms with E-state index >= 15 is 0 Å². The van der Waals surface area contributed by atoms with E-state index in [9.17, 15) is 39.6 Å². The molecule has 1 saturated carbocycles. The predicted molar refractivity (Wildman–Crippen MR) is 214 cm³/mol. The van der Waals surface area contributed by atoms with Crippen LogP contribution in [0.3, 0.4) is 0 Å². The van der Waals surface area contributed by atoms with Crippen molar-refractivity contribution in [1.82, 2.24) is 4.90 Å². The maximum atomic E-state index is 14.3. The van der Waals surface area contributed by atoms with E-state index in [1.165, 1.54) is 14.2 Å². The first-order valence-corrected chi connectivity index (χ1v) is 21.5. The van der Waals surface area contributed by atoms with Crippen molar-refractivity contribution in [2.75, 3.05) is 27.4 Å². The van der Waals surface area contributed by atoms with Crippen LogP contribution in [-0.2, 0) is 42.9 Å². The van der Waals surface area contributed by atoms with Gasteiger partial charge >= 0.3 is 5.97 Å². The molecule has 0 radical (unpaired) electrons. The highest BCUT2D eigenvalue weighted by molar-refractivity contribution is 6.39. The van der Waals surface area contributed by atoms with Crippen LogP contribution >= 0.6 is 0 Å².